The van der Waals surface area contributed by atoms with Crippen LogP contribution in [-0.2, 0) is 50.8 Å². The van der Waals surface area contributed by atoms with E-state index < -0.39 is 106 Å². The van der Waals surface area contributed by atoms with E-state index in [2.05, 4.69) is 29.9 Å². The summed E-state index contributed by atoms with van der Waals surface area (Å²) >= 11 is 24.3. The summed E-state index contributed by atoms with van der Waals surface area (Å²) in [6.45, 7) is -8.99. The average molecular weight is 1020 g/mol. The number of nitrogens with two attached hydrogens (primary N) is 2. The summed E-state index contributed by atoms with van der Waals surface area (Å²) in [5.74, 6) is 0.116. The van der Waals surface area contributed by atoms with Gasteiger partial charge in [0.2, 0.25) is 0 Å². The molecule has 2 aliphatic heterocycles. The van der Waals surface area contributed by atoms with Crippen LogP contribution in [0.4, 0.5) is 11.6 Å². The number of hydrogen-bond acceptors (Lipinski definition) is 22. The maximum absolute atomic E-state index is 13.4. The normalized spacial score (nSPS) is 29.4. The summed E-state index contributed by atoms with van der Waals surface area (Å²) in [5, 5.41) is 43.8. The summed E-state index contributed by atoms with van der Waals surface area (Å²) in [7, 11) is -11.8. The average Bonchev–Trinajstić information content (AvgIpc) is 3.90. The third-order valence-corrected chi connectivity index (χ3v) is 23.3. The molecule has 0 saturated carbocycles. The smallest absolute Gasteiger partial charge is 0.382 e. The van der Waals surface area contributed by atoms with Crippen LogP contribution >= 0.6 is 74.9 Å². The van der Waals surface area contributed by atoms with E-state index in [-0.39, 0.29) is 34.0 Å². The summed E-state index contributed by atoms with van der Waals surface area (Å²) in [4.78, 5) is 68.4. The first-order valence-corrected chi connectivity index (χ1v) is 28.6. The fraction of sp³-hybridized carbons (Fsp3) is 0.600. The highest BCUT2D eigenvalue weighted by molar-refractivity contribution is 8.12. The molecule has 2 aliphatic rings. The zero-order chi connectivity index (χ0) is 43.6. The van der Waals surface area contributed by atoms with Crippen molar-refractivity contribution in [1.29, 1.82) is 0 Å². The van der Waals surface area contributed by atoms with Gasteiger partial charge in [0, 0.05) is 12.3 Å². The zero-order valence-corrected chi connectivity index (χ0v) is 38.4. The Bertz CT molecular complexity index is 2280. The van der Waals surface area contributed by atoms with Crippen LogP contribution in [0.1, 0.15) is 25.3 Å². The van der Waals surface area contributed by atoms with Crippen LogP contribution in [0.15, 0.2) is 23.0 Å². The standard InChI is InChI=1S/C25H36Cl2N10O14P4S4/c1-58-23-32-17(28)11-19(34-23)36(7-30-11)21-15(40)13(38)9(48-21)3-5-52(42,56)50-54(44,45)25(26,27)55(46,47)51-53(43,57)6-4-10-14(39)16(41)22(49-10)37-8-31-12-18(29)33-24(59-2)35-20(12)37/h7-10,13-16,21-22,38-41H,3-6H2,1-2H3,(H,42,56)(H,43,57)(H,44,45)(H,46,47)(H2,28,32,34)(H2,29,33,35)/t9-,10-,13-,14-,15-,16-,21-,22-,52?,53?/m1/s1. The molecule has 2 saturated heterocycles. The van der Waals surface area contributed by atoms with Crippen molar-refractivity contribution in [3.63, 3.8) is 0 Å². The van der Waals surface area contributed by atoms with Gasteiger partial charge in [-0.05, 0) is 49.0 Å². The number of anilines is 2. The van der Waals surface area contributed by atoms with Gasteiger partial charge in [0.05, 0.1) is 24.9 Å². The van der Waals surface area contributed by atoms with Gasteiger partial charge in [-0.3, -0.25) is 18.3 Å². The van der Waals surface area contributed by atoms with Gasteiger partial charge in [-0.2, -0.15) is 0 Å². The summed E-state index contributed by atoms with van der Waals surface area (Å²) < 4.78 is 46.8. The molecule has 0 aromatic carbocycles. The van der Waals surface area contributed by atoms with Crippen LogP contribution in [0.5, 0.6) is 0 Å². The minimum absolute atomic E-state index is 0.0580. The Morgan fingerprint density at radius 2 is 1.08 bits per heavy atom. The number of hydrogen-bond donors (Lipinski definition) is 10. The number of alkyl halides is 2. The zero-order valence-electron chi connectivity index (χ0n) is 30.0. The second kappa shape index (κ2) is 17.7. The Hall–Kier alpha value is -0.740. The van der Waals surface area contributed by atoms with E-state index in [0.29, 0.717) is 10.3 Å². The number of halogens is 2. The summed E-state index contributed by atoms with van der Waals surface area (Å²) in [6.07, 6.45) is -7.60. The highest BCUT2D eigenvalue weighted by Gasteiger charge is 2.64. The predicted octanol–water partition coefficient (Wildman–Crippen LogP) is 1.39. The molecule has 12 N–H and O–H groups in total. The second-order valence-electron chi connectivity index (χ2n) is 12.9. The number of rotatable bonds is 16. The van der Waals surface area contributed by atoms with Crippen molar-refractivity contribution < 1.29 is 67.2 Å². The van der Waals surface area contributed by atoms with Crippen molar-refractivity contribution in [1.82, 2.24) is 39.0 Å². The molecule has 4 unspecified atom stereocenters. The Kier molecular flexibility index (Phi) is 14.3. The van der Waals surface area contributed by atoms with E-state index in [4.69, 9.17) is 76.4 Å². The van der Waals surface area contributed by atoms with Crippen molar-refractivity contribution in [2.75, 3.05) is 36.3 Å². The molecule has 12 atom stereocenters. The molecule has 328 valence electrons. The maximum atomic E-state index is 13.4. The number of aliphatic hydroxyl groups excluding tert-OH is 4. The number of aliphatic hydroxyl groups is 4. The number of nitrogen functional groups attached to an aromatic ring is 2. The lowest BCUT2D eigenvalue weighted by atomic mass is 10.1. The van der Waals surface area contributed by atoms with Crippen LogP contribution in [0.2, 0.25) is 0 Å². The van der Waals surface area contributed by atoms with E-state index in [9.17, 15) is 49.1 Å². The number of imidazole rings is 2. The van der Waals surface area contributed by atoms with Crippen LogP contribution in [0.25, 0.3) is 22.3 Å². The number of nitrogens with zero attached hydrogens (tertiary/aromatic N) is 8. The molecule has 0 radical (unpaired) electrons. The van der Waals surface area contributed by atoms with Crippen molar-refractivity contribution >= 4 is 132 Å². The highest BCUT2D eigenvalue weighted by Crippen LogP contribution is 2.83. The first-order chi connectivity index (χ1) is 27.3. The highest BCUT2D eigenvalue weighted by atomic mass is 35.5. The van der Waals surface area contributed by atoms with Crippen molar-refractivity contribution in [2.24, 2.45) is 0 Å². The van der Waals surface area contributed by atoms with E-state index in [1.165, 1.54) is 45.3 Å². The monoisotopic (exact) mass is 1020 g/mol. The Morgan fingerprint density at radius 1 is 0.729 bits per heavy atom. The molecule has 0 aliphatic carbocycles. The van der Waals surface area contributed by atoms with E-state index in [0.717, 1.165) is 0 Å². The fourth-order valence-electron chi connectivity index (χ4n) is 6.05. The largest absolute Gasteiger partial charge is 0.388 e. The number of ether oxygens (including phenoxy) is 2. The predicted molar refractivity (Wildman–Crippen MR) is 223 cm³/mol. The van der Waals surface area contributed by atoms with Gasteiger partial charge in [-0.15, -0.1) is 0 Å². The molecular weight excluding hydrogens is 987 g/mol. The van der Waals surface area contributed by atoms with Crippen LogP contribution in [-0.4, -0.2) is 144 Å². The lowest BCUT2D eigenvalue weighted by molar-refractivity contribution is -0.0355. The molecule has 24 nitrogen and oxygen atoms in total. The third-order valence-electron chi connectivity index (χ3n) is 8.99. The number of fused-ring (bicyclic) bond motifs is 2. The van der Waals surface area contributed by atoms with Gasteiger partial charge >= 0.3 is 19.0 Å². The SMILES string of the molecule is CSc1nc(N)c2ncn([C@@H]3O[C@H](CCP(O)(=S)OP(=O)(O)C(Cl)(Cl)P(=O)(O)OP(O)(=S)CC[C@H]4O[C@@H](n5cnc6c(N)nc(SC)nc65)[C@H](O)[C@@H]4O)[C@@H](O)[C@H]3O)c2n1. The van der Waals surface area contributed by atoms with Crippen molar-refractivity contribution in [3.05, 3.63) is 12.7 Å². The number of thioether (sulfide) groups is 2. The molecule has 6 rings (SSSR count). The van der Waals surface area contributed by atoms with E-state index >= 15 is 0 Å². The maximum Gasteiger partial charge on any atom is 0.382 e. The Balaban J connectivity index is 1.07. The fourth-order valence-corrected chi connectivity index (χ4v) is 17.5. The molecule has 0 amide bonds. The second-order valence-corrected chi connectivity index (χ2v) is 28.8. The minimum atomic E-state index is -5.90. The molecule has 4 aromatic rings. The molecule has 34 heteroatoms. The van der Waals surface area contributed by atoms with Crippen LogP contribution in [0.3, 0.4) is 0 Å². The number of aromatic nitrogens is 8. The Labute approximate surface area is 361 Å². The Morgan fingerprint density at radius 3 is 1.42 bits per heavy atom. The summed E-state index contributed by atoms with van der Waals surface area (Å²) in [5.41, 5.74) is 12.7. The van der Waals surface area contributed by atoms with E-state index in [1.807, 2.05) is 0 Å². The molecule has 4 aromatic heterocycles. The molecule has 0 bridgehead atoms. The van der Waals surface area contributed by atoms with Gasteiger partial charge in [0.25, 0.3) is 0 Å². The van der Waals surface area contributed by atoms with Gasteiger partial charge in [0.1, 0.15) is 35.4 Å². The molecule has 0 spiro atoms. The molecule has 2 fully saturated rings. The van der Waals surface area contributed by atoms with Crippen LogP contribution < -0.4 is 11.5 Å². The summed E-state index contributed by atoms with van der Waals surface area (Å²) in [6, 6.07) is 0. The quantitative estimate of drug-likeness (QED) is 0.0328. The molecular formula is C25H36Cl2N10O14P4S4. The van der Waals surface area contributed by atoms with Crippen molar-refractivity contribution in [3.8, 4) is 0 Å². The first kappa shape index (κ1) is 47.7. The lowest BCUT2D eigenvalue weighted by Crippen LogP contribution is -2.32. The van der Waals surface area contributed by atoms with Gasteiger partial charge in [-0.1, -0.05) is 46.7 Å². The molecule has 59 heavy (non-hydrogen) atoms. The van der Waals surface area contributed by atoms with E-state index in [1.54, 1.807) is 12.5 Å². The minimum Gasteiger partial charge on any atom is -0.388 e. The topological polar surface area (TPSA) is 372 Å². The van der Waals surface area contributed by atoms with Gasteiger partial charge in [-0.25, -0.2) is 38.5 Å². The lowest BCUT2D eigenvalue weighted by Gasteiger charge is -2.32. The van der Waals surface area contributed by atoms with Gasteiger partial charge in [0.15, 0.2) is 58.7 Å². The van der Waals surface area contributed by atoms with Crippen molar-refractivity contribution in [2.45, 2.75) is 76.0 Å². The molecule has 6 heterocycles. The van der Waals surface area contributed by atoms with Crippen LogP contribution in [0, 0.1) is 0 Å². The first-order valence-electron chi connectivity index (χ1n) is 16.5. The third kappa shape index (κ3) is 9.56. The van der Waals surface area contributed by atoms with Gasteiger partial charge < -0.3 is 60.9 Å².